The Balaban J connectivity index is 2.10. The number of alkyl halides is 2. The summed E-state index contributed by atoms with van der Waals surface area (Å²) in [5.74, 6) is -0.296. The van der Waals surface area contributed by atoms with Gasteiger partial charge in [-0.25, -0.2) is 0 Å². The van der Waals surface area contributed by atoms with Gasteiger partial charge in [0.05, 0.1) is 6.61 Å². The number of benzene rings is 1. The van der Waals surface area contributed by atoms with Crippen LogP contribution in [0.5, 0.6) is 17.2 Å². The van der Waals surface area contributed by atoms with E-state index in [4.69, 9.17) is 4.74 Å². The van der Waals surface area contributed by atoms with Crippen LogP contribution >= 0.6 is 0 Å². The molecule has 1 radical (unpaired) electrons. The Morgan fingerprint density at radius 2 is 2.12 bits per heavy atom. The quantitative estimate of drug-likeness (QED) is 0.777. The zero-order chi connectivity index (χ0) is 11.5. The Labute approximate surface area is 91.6 Å². The van der Waals surface area contributed by atoms with E-state index in [0.29, 0.717) is 12.5 Å². The van der Waals surface area contributed by atoms with Gasteiger partial charge in [-0.15, -0.1) is 0 Å². The lowest BCUT2D eigenvalue weighted by atomic mass is 10.3. The van der Waals surface area contributed by atoms with Crippen molar-refractivity contribution in [2.75, 3.05) is 6.61 Å². The van der Waals surface area contributed by atoms with Crippen molar-refractivity contribution in [3.05, 3.63) is 18.2 Å². The van der Waals surface area contributed by atoms with Crippen LogP contribution in [0.2, 0.25) is 0 Å². The summed E-state index contributed by atoms with van der Waals surface area (Å²) in [7, 11) is 0. The summed E-state index contributed by atoms with van der Waals surface area (Å²) in [5, 5.41) is 11.4. The molecular weight excluding hydrogens is 218 g/mol. The predicted molar refractivity (Wildman–Crippen MR) is 51.4 cm³/mol. The van der Waals surface area contributed by atoms with Crippen LogP contribution in [-0.4, -0.2) is 13.2 Å². The topological polar surface area (TPSA) is 38.4 Å². The zero-order valence-corrected chi connectivity index (χ0v) is 8.49. The molecule has 0 unspecified atom stereocenters. The summed E-state index contributed by atoms with van der Waals surface area (Å²) in [6.45, 7) is -2.57. The minimum atomic E-state index is -2.95. The molecule has 5 heteroatoms. The van der Waals surface area contributed by atoms with Crippen LogP contribution in [0, 0.1) is 5.92 Å². The van der Waals surface area contributed by atoms with E-state index in [2.05, 4.69) is 4.74 Å². The molecule has 1 aliphatic carbocycles. The van der Waals surface area contributed by atoms with Crippen molar-refractivity contribution in [2.24, 2.45) is 5.92 Å². The van der Waals surface area contributed by atoms with Crippen molar-refractivity contribution in [3.63, 3.8) is 0 Å². The Hall–Kier alpha value is -1.52. The average molecular weight is 229 g/mol. The maximum atomic E-state index is 12.1. The highest BCUT2D eigenvalue weighted by Gasteiger charge is 2.24. The highest BCUT2D eigenvalue weighted by atomic mass is 19.3. The minimum absolute atomic E-state index is 0.116. The lowest BCUT2D eigenvalue weighted by molar-refractivity contribution is -0.0517. The van der Waals surface area contributed by atoms with Crippen LogP contribution in [0.3, 0.4) is 0 Å². The molecule has 2 rings (SSSR count). The molecule has 0 N–H and O–H groups in total. The first-order valence-electron chi connectivity index (χ1n) is 5.04. The summed E-state index contributed by atoms with van der Waals surface area (Å²) in [6, 6.07) is 3.93. The molecule has 1 saturated carbocycles. The lowest BCUT2D eigenvalue weighted by Gasteiger charge is -2.11. The first-order valence-corrected chi connectivity index (χ1v) is 5.04. The zero-order valence-electron chi connectivity index (χ0n) is 8.49. The highest BCUT2D eigenvalue weighted by Crippen LogP contribution is 2.39. The Bertz CT molecular complexity index is 364. The number of halogens is 2. The summed E-state index contributed by atoms with van der Waals surface area (Å²) < 4.78 is 33.6. The molecule has 0 aromatic heterocycles. The van der Waals surface area contributed by atoms with Gasteiger partial charge in [0.15, 0.2) is 5.75 Å². The fourth-order valence-electron chi connectivity index (χ4n) is 1.31. The van der Waals surface area contributed by atoms with Crippen molar-refractivity contribution in [3.8, 4) is 17.2 Å². The molecule has 0 spiro atoms. The van der Waals surface area contributed by atoms with E-state index in [0.717, 1.165) is 12.8 Å². The summed E-state index contributed by atoms with van der Waals surface area (Å²) >= 11 is 0. The molecule has 0 atom stereocenters. The normalized spacial score (nSPS) is 15.2. The lowest BCUT2D eigenvalue weighted by Crippen LogP contribution is -2.06. The molecule has 0 heterocycles. The van der Waals surface area contributed by atoms with Crippen LogP contribution in [0.25, 0.3) is 0 Å². The van der Waals surface area contributed by atoms with E-state index in [-0.39, 0.29) is 11.5 Å². The molecule has 1 aliphatic rings. The maximum Gasteiger partial charge on any atom is 0.387 e. The SMILES string of the molecule is [O]c1cccc(OC(F)F)c1OCC1CC1. The number of hydrogen-bond donors (Lipinski definition) is 0. The van der Waals surface area contributed by atoms with E-state index in [1.54, 1.807) is 0 Å². The van der Waals surface area contributed by atoms with Gasteiger partial charge in [0.1, 0.15) is 0 Å². The number of hydrogen-bond acceptors (Lipinski definition) is 2. The molecule has 1 aromatic carbocycles. The molecule has 1 fully saturated rings. The molecule has 0 amide bonds. The average Bonchev–Trinajstić information content (AvgIpc) is 2.99. The Morgan fingerprint density at radius 3 is 2.75 bits per heavy atom. The second-order valence-electron chi connectivity index (χ2n) is 3.72. The van der Waals surface area contributed by atoms with E-state index in [1.165, 1.54) is 18.2 Å². The fraction of sp³-hybridized carbons (Fsp3) is 0.455. The van der Waals surface area contributed by atoms with Gasteiger partial charge in [-0.2, -0.15) is 8.78 Å². The third kappa shape index (κ3) is 2.74. The third-order valence-corrected chi connectivity index (χ3v) is 2.32. The van der Waals surface area contributed by atoms with Crippen LogP contribution < -0.4 is 9.47 Å². The smallest absolute Gasteiger partial charge is 0.387 e. The highest BCUT2D eigenvalue weighted by molar-refractivity contribution is 5.50. The van der Waals surface area contributed by atoms with E-state index in [9.17, 15) is 13.9 Å². The molecule has 3 nitrogen and oxygen atoms in total. The van der Waals surface area contributed by atoms with Crippen LogP contribution in [-0.2, 0) is 5.11 Å². The summed E-state index contributed by atoms with van der Waals surface area (Å²) in [5.41, 5.74) is 0. The predicted octanol–water partition coefficient (Wildman–Crippen LogP) is 3.22. The van der Waals surface area contributed by atoms with Gasteiger partial charge in [0.2, 0.25) is 11.5 Å². The van der Waals surface area contributed by atoms with Gasteiger partial charge in [0.25, 0.3) is 0 Å². The molecule has 87 valence electrons. The maximum absolute atomic E-state index is 12.1. The van der Waals surface area contributed by atoms with Crippen LogP contribution in [0.1, 0.15) is 12.8 Å². The van der Waals surface area contributed by atoms with Crippen molar-refractivity contribution < 1.29 is 23.4 Å². The van der Waals surface area contributed by atoms with Crippen LogP contribution in [0.4, 0.5) is 8.78 Å². The minimum Gasteiger partial charge on any atom is -0.486 e. The molecule has 0 saturated heterocycles. The molecule has 0 bridgehead atoms. The van der Waals surface area contributed by atoms with Crippen molar-refractivity contribution in [2.45, 2.75) is 19.5 Å². The Kier molecular flexibility index (Phi) is 3.12. The van der Waals surface area contributed by atoms with Crippen molar-refractivity contribution >= 4 is 0 Å². The molecular formula is C11H11F2O3. The van der Waals surface area contributed by atoms with Gasteiger partial charge in [-0.3, -0.25) is 5.11 Å². The molecule has 1 aromatic rings. The first-order chi connectivity index (χ1) is 7.66. The van der Waals surface area contributed by atoms with E-state index in [1.807, 2.05) is 0 Å². The van der Waals surface area contributed by atoms with Gasteiger partial charge in [0, 0.05) is 0 Å². The summed E-state index contributed by atoms with van der Waals surface area (Å²) in [4.78, 5) is 0. The second-order valence-corrected chi connectivity index (χ2v) is 3.72. The number of para-hydroxylation sites is 1. The van der Waals surface area contributed by atoms with Crippen molar-refractivity contribution in [1.29, 1.82) is 0 Å². The fourth-order valence-corrected chi connectivity index (χ4v) is 1.31. The van der Waals surface area contributed by atoms with Gasteiger partial charge in [-0.1, -0.05) is 6.07 Å². The monoisotopic (exact) mass is 229 g/mol. The second kappa shape index (κ2) is 4.55. The van der Waals surface area contributed by atoms with Gasteiger partial charge >= 0.3 is 6.61 Å². The van der Waals surface area contributed by atoms with Gasteiger partial charge < -0.3 is 9.47 Å². The van der Waals surface area contributed by atoms with Crippen LogP contribution in [0.15, 0.2) is 18.2 Å². The first kappa shape index (κ1) is 11.0. The number of ether oxygens (including phenoxy) is 2. The largest absolute Gasteiger partial charge is 0.486 e. The molecule has 0 aliphatic heterocycles. The van der Waals surface area contributed by atoms with Crippen molar-refractivity contribution in [1.82, 2.24) is 0 Å². The van der Waals surface area contributed by atoms with E-state index >= 15 is 0 Å². The van der Waals surface area contributed by atoms with Gasteiger partial charge in [-0.05, 0) is 30.9 Å². The van der Waals surface area contributed by atoms with E-state index < -0.39 is 12.4 Å². The standard InChI is InChI=1S/C11H11F2O3/c12-11(13)16-9-3-1-2-8(14)10(9)15-6-7-4-5-7/h1-3,7,11H,4-6H2. The number of rotatable bonds is 5. The molecule has 16 heavy (non-hydrogen) atoms. The Morgan fingerprint density at radius 1 is 1.38 bits per heavy atom. The summed E-state index contributed by atoms with van der Waals surface area (Å²) in [6.07, 6.45) is 2.12. The third-order valence-electron chi connectivity index (χ3n) is 2.32.